The van der Waals surface area contributed by atoms with E-state index in [-0.39, 0.29) is 11.6 Å². The van der Waals surface area contributed by atoms with Crippen LogP contribution in [0.4, 0.5) is 4.39 Å². The summed E-state index contributed by atoms with van der Waals surface area (Å²) in [6.45, 7) is -0.194. The summed E-state index contributed by atoms with van der Waals surface area (Å²) in [5.41, 5.74) is 0.962. The van der Waals surface area contributed by atoms with Crippen molar-refractivity contribution in [2.75, 3.05) is 0 Å². The third kappa shape index (κ3) is 1.28. The van der Waals surface area contributed by atoms with Gasteiger partial charge in [-0.25, -0.2) is 9.37 Å². The van der Waals surface area contributed by atoms with E-state index in [2.05, 4.69) is 4.98 Å². The van der Waals surface area contributed by atoms with Crippen LogP contribution >= 0.6 is 11.6 Å². The fraction of sp³-hybridized carbons (Fsp3) is 0.125. The molecule has 0 saturated carbocycles. The number of halogens is 2. The van der Waals surface area contributed by atoms with Crippen molar-refractivity contribution in [2.24, 2.45) is 0 Å². The summed E-state index contributed by atoms with van der Waals surface area (Å²) < 4.78 is 14.3. The van der Waals surface area contributed by atoms with E-state index in [0.717, 1.165) is 0 Å². The standard InChI is InChI=1S/C8H6ClFN2O/c9-7-1-5(10)3-12-6(4-13)2-11-8(7)12/h1-3,13H,4H2. The first-order valence-electron chi connectivity index (χ1n) is 3.64. The predicted molar refractivity (Wildman–Crippen MR) is 46.1 cm³/mol. The highest BCUT2D eigenvalue weighted by molar-refractivity contribution is 6.33. The molecule has 0 aliphatic rings. The molecule has 0 unspecified atom stereocenters. The number of hydrogen-bond donors (Lipinski definition) is 1. The largest absolute Gasteiger partial charge is 0.390 e. The molecule has 0 aliphatic carbocycles. The van der Waals surface area contributed by atoms with E-state index >= 15 is 0 Å². The lowest BCUT2D eigenvalue weighted by Gasteiger charge is -1.99. The molecule has 0 bridgehead atoms. The van der Waals surface area contributed by atoms with Gasteiger partial charge in [-0.15, -0.1) is 0 Å². The van der Waals surface area contributed by atoms with Crippen LogP contribution in [0.25, 0.3) is 5.65 Å². The lowest BCUT2D eigenvalue weighted by atomic mass is 10.4. The highest BCUT2D eigenvalue weighted by atomic mass is 35.5. The topological polar surface area (TPSA) is 37.5 Å². The van der Waals surface area contributed by atoms with Crippen LogP contribution in [0.3, 0.4) is 0 Å². The molecule has 5 heteroatoms. The highest BCUT2D eigenvalue weighted by Gasteiger charge is 2.07. The molecule has 0 atom stereocenters. The molecular formula is C8H6ClFN2O. The second kappa shape index (κ2) is 2.97. The van der Waals surface area contributed by atoms with Gasteiger partial charge in [-0.2, -0.15) is 0 Å². The van der Waals surface area contributed by atoms with Crippen LogP contribution in [0.5, 0.6) is 0 Å². The van der Waals surface area contributed by atoms with Crippen LogP contribution in [0.15, 0.2) is 18.5 Å². The third-order valence-electron chi connectivity index (χ3n) is 1.77. The van der Waals surface area contributed by atoms with Crippen molar-refractivity contribution < 1.29 is 9.50 Å². The molecule has 1 N–H and O–H groups in total. The number of pyridine rings is 1. The number of aromatic nitrogens is 2. The van der Waals surface area contributed by atoms with Crippen LogP contribution in [0.2, 0.25) is 5.02 Å². The van der Waals surface area contributed by atoms with Crippen LogP contribution < -0.4 is 0 Å². The van der Waals surface area contributed by atoms with Crippen molar-refractivity contribution in [3.8, 4) is 0 Å². The fourth-order valence-corrected chi connectivity index (χ4v) is 1.42. The Hall–Kier alpha value is -1.13. The molecule has 68 valence electrons. The Morgan fingerprint density at radius 2 is 2.38 bits per heavy atom. The van der Waals surface area contributed by atoms with Gasteiger partial charge in [-0.05, 0) is 6.07 Å². The van der Waals surface area contributed by atoms with Crippen molar-refractivity contribution in [3.63, 3.8) is 0 Å². The summed E-state index contributed by atoms with van der Waals surface area (Å²) in [6.07, 6.45) is 2.69. The second-order valence-electron chi connectivity index (χ2n) is 2.61. The van der Waals surface area contributed by atoms with E-state index in [9.17, 15) is 4.39 Å². The van der Waals surface area contributed by atoms with E-state index < -0.39 is 5.82 Å². The molecule has 0 spiro atoms. The highest BCUT2D eigenvalue weighted by Crippen LogP contribution is 2.18. The van der Waals surface area contributed by atoms with Gasteiger partial charge in [0.2, 0.25) is 0 Å². The zero-order valence-corrected chi connectivity index (χ0v) is 7.29. The lowest BCUT2D eigenvalue weighted by Crippen LogP contribution is -1.93. The average Bonchev–Trinajstić information content (AvgIpc) is 2.47. The Balaban J connectivity index is 2.82. The predicted octanol–water partition coefficient (Wildman–Crippen LogP) is 1.62. The molecule has 3 nitrogen and oxygen atoms in total. The number of rotatable bonds is 1. The molecule has 0 saturated heterocycles. The first kappa shape index (κ1) is 8.47. The number of nitrogens with zero attached hydrogens (tertiary/aromatic N) is 2. The minimum Gasteiger partial charge on any atom is -0.390 e. The number of imidazole rings is 1. The fourth-order valence-electron chi connectivity index (χ4n) is 1.18. The first-order chi connectivity index (χ1) is 6.22. The van der Waals surface area contributed by atoms with Crippen molar-refractivity contribution in [1.82, 2.24) is 9.38 Å². The van der Waals surface area contributed by atoms with Gasteiger partial charge in [0, 0.05) is 6.20 Å². The van der Waals surface area contributed by atoms with Crippen LogP contribution in [0, 0.1) is 5.82 Å². The van der Waals surface area contributed by atoms with Gasteiger partial charge >= 0.3 is 0 Å². The maximum absolute atomic E-state index is 12.9. The summed E-state index contributed by atoms with van der Waals surface area (Å²) in [6, 6.07) is 1.19. The Bertz CT molecular complexity index is 455. The van der Waals surface area contributed by atoms with Gasteiger partial charge in [0.1, 0.15) is 5.82 Å². The van der Waals surface area contributed by atoms with Gasteiger partial charge in [-0.1, -0.05) is 11.6 Å². The van der Waals surface area contributed by atoms with E-state index in [4.69, 9.17) is 16.7 Å². The maximum atomic E-state index is 12.9. The SMILES string of the molecule is OCc1cnc2c(Cl)cc(F)cn12. The zero-order chi connectivity index (χ0) is 9.42. The summed E-state index contributed by atoms with van der Waals surface area (Å²) in [4.78, 5) is 3.93. The van der Waals surface area contributed by atoms with Crippen LogP contribution in [-0.2, 0) is 6.61 Å². The number of fused-ring (bicyclic) bond motifs is 1. The normalized spacial score (nSPS) is 11.0. The van der Waals surface area contributed by atoms with E-state index in [1.165, 1.54) is 22.9 Å². The molecule has 2 heterocycles. The third-order valence-corrected chi connectivity index (χ3v) is 2.04. The minimum absolute atomic E-state index is 0.194. The maximum Gasteiger partial charge on any atom is 0.156 e. The Kier molecular flexibility index (Phi) is 1.94. The van der Waals surface area contributed by atoms with E-state index in [1.54, 1.807) is 0 Å². The van der Waals surface area contributed by atoms with Gasteiger partial charge in [0.05, 0.1) is 23.5 Å². The lowest BCUT2D eigenvalue weighted by molar-refractivity contribution is 0.275. The Labute approximate surface area is 78.4 Å². The number of aliphatic hydroxyl groups excluding tert-OH is 1. The molecule has 0 amide bonds. The van der Waals surface area contributed by atoms with Gasteiger partial charge in [0.15, 0.2) is 5.65 Å². The average molecular weight is 201 g/mol. The second-order valence-corrected chi connectivity index (χ2v) is 3.01. The van der Waals surface area contributed by atoms with Crippen molar-refractivity contribution >= 4 is 17.2 Å². The van der Waals surface area contributed by atoms with Crippen LogP contribution in [0.1, 0.15) is 5.69 Å². The molecule has 2 aromatic heterocycles. The van der Waals surface area contributed by atoms with Crippen molar-refractivity contribution in [3.05, 3.63) is 35.0 Å². The van der Waals surface area contributed by atoms with E-state index in [0.29, 0.717) is 11.3 Å². The first-order valence-corrected chi connectivity index (χ1v) is 4.02. The van der Waals surface area contributed by atoms with E-state index in [1.807, 2.05) is 0 Å². The molecule has 0 aliphatic heterocycles. The summed E-state index contributed by atoms with van der Waals surface area (Å²) in [5, 5.41) is 9.12. The summed E-state index contributed by atoms with van der Waals surface area (Å²) >= 11 is 5.73. The molecule has 0 fully saturated rings. The van der Waals surface area contributed by atoms with Crippen molar-refractivity contribution in [2.45, 2.75) is 6.61 Å². The summed E-state index contributed by atoms with van der Waals surface area (Å²) in [7, 11) is 0. The molecule has 2 aromatic rings. The Morgan fingerprint density at radius 1 is 1.62 bits per heavy atom. The Morgan fingerprint density at radius 3 is 3.08 bits per heavy atom. The number of hydrogen-bond acceptors (Lipinski definition) is 2. The zero-order valence-electron chi connectivity index (χ0n) is 6.54. The molecule has 13 heavy (non-hydrogen) atoms. The van der Waals surface area contributed by atoms with Gasteiger partial charge in [-0.3, -0.25) is 4.40 Å². The smallest absolute Gasteiger partial charge is 0.156 e. The molecule has 0 aromatic carbocycles. The summed E-state index contributed by atoms with van der Waals surface area (Å²) in [5.74, 6) is -0.454. The van der Waals surface area contributed by atoms with Gasteiger partial charge < -0.3 is 5.11 Å². The quantitative estimate of drug-likeness (QED) is 0.760. The van der Waals surface area contributed by atoms with Crippen molar-refractivity contribution in [1.29, 1.82) is 0 Å². The minimum atomic E-state index is -0.454. The number of aliphatic hydroxyl groups is 1. The molecule has 2 rings (SSSR count). The monoisotopic (exact) mass is 200 g/mol. The molecular weight excluding hydrogens is 195 g/mol. The van der Waals surface area contributed by atoms with Gasteiger partial charge in [0.25, 0.3) is 0 Å². The molecule has 0 radical (unpaired) electrons. The van der Waals surface area contributed by atoms with Crippen LogP contribution in [-0.4, -0.2) is 14.5 Å².